The third-order valence-electron chi connectivity index (χ3n) is 4.04. The molecule has 26 heavy (non-hydrogen) atoms. The van der Waals surface area contributed by atoms with Crippen LogP contribution in [0, 0.1) is 6.92 Å². The van der Waals surface area contributed by atoms with Crippen LogP contribution in [-0.2, 0) is 13.1 Å². The average Bonchev–Trinajstić information content (AvgIpc) is 3.30. The van der Waals surface area contributed by atoms with Crippen molar-refractivity contribution in [2.24, 2.45) is 0 Å². The highest BCUT2D eigenvalue weighted by Gasteiger charge is 2.21. The number of carbonyl (C=O) groups excluding carboxylic acids is 1. The van der Waals surface area contributed by atoms with Crippen LogP contribution in [0.5, 0.6) is 0 Å². The molecule has 1 amide bonds. The van der Waals surface area contributed by atoms with Crippen molar-refractivity contribution < 1.29 is 13.6 Å². The van der Waals surface area contributed by atoms with E-state index in [1.54, 1.807) is 35.7 Å². The van der Waals surface area contributed by atoms with Crippen molar-refractivity contribution in [2.45, 2.75) is 20.0 Å². The Labute approximate surface area is 150 Å². The summed E-state index contributed by atoms with van der Waals surface area (Å²) < 4.78 is 11.3. The number of fused-ring (bicyclic) bond motifs is 1. The molecule has 0 atom stereocenters. The van der Waals surface area contributed by atoms with Crippen molar-refractivity contribution in [1.29, 1.82) is 0 Å². The fourth-order valence-corrected chi connectivity index (χ4v) is 2.82. The standard InChI is InChI=1S/C20H17N3O3/c1-14-5-6-18-15(10-14)11-17(26-18)13-23(12-16-4-2-9-25-16)20(24)19-21-7-3-8-22-19/h2-11H,12-13H2,1H3. The molecule has 0 saturated carbocycles. The van der Waals surface area contributed by atoms with E-state index < -0.39 is 0 Å². The van der Waals surface area contributed by atoms with E-state index in [4.69, 9.17) is 8.83 Å². The van der Waals surface area contributed by atoms with Crippen molar-refractivity contribution in [3.05, 3.63) is 84.0 Å². The molecule has 4 rings (SSSR count). The van der Waals surface area contributed by atoms with Gasteiger partial charge in [-0.1, -0.05) is 11.6 Å². The highest BCUT2D eigenvalue weighted by Crippen LogP contribution is 2.22. The molecule has 0 bridgehead atoms. The van der Waals surface area contributed by atoms with Crippen LogP contribution in [0.3, 0.4) is 0 Å². The van der Waals surface area contributed by atoms with Gasteiger partial charge < -0.3 is 13.7 Å². The zero-order valence-corrected chi connectivity index (χ0v) is 14.3. The first-order chi connectivity index (χ1) is 12.7. The van der Waals surface area contributed by atoms with E-state index in [0.717, 1.165) is 16.5 Å². The fraction of sp³-hybridized carbons (Fsp3) is 0.150. The molecule has 1 aromatic carbocycles. The molecule has 3 heterocycles. The maximum absolute atomic E-state index is 12.9. The van der Waals surface area contributed by atoms with Crippen molar-refractivity contribution in [3.8, 4) is 0 Å². The maximum Gasteiger partial charge on any atom is 0.292 e. The summed E-state index contributed by atoms with van der Waals surface area (Å²) in [5.41, 5.74) is 1.96. The second-order valence-corrected chi connectivity index (χ2v) is 6.07. The molecule has 0 spiro atoms. The highest BCUT2D eigenvalue weighted by molar-refractivity contribution is 5.90. The number of carbonyl (C=O) groups is 1. The number of benzene rings is 1. The van der Waals surface area contributed by atoms with Crippen molar-refractivity contribution >= 4 is 16.9 Å². The number of rotatable bonds is 5. The topological polar surface area (TPSA) is 72.4 Å². The lowest BCUT2D eigenvalue weighted by Crippen LogP contribution is -2.31. The monoisotopic (exact) mass is 347 g/mol. The van der Waals surface area contributed by atoms with E-state index in [1.165, 1.54) is 0 Å². The molecule has 0 N–H and O–H groups in total. The minimum Gasteiger partial charge on any atom is -0.467 e. The first kappa shape index (κ1) is 16.1. The molecule has 0 unspecified atom stereocenters. The number of hydrogen-bond donors (Lipinski definition) is 0. The van der Waals surface area contributed by atoms with Gasteiger partial charge in [0.05, 0.1) is 19.4 Å². The lowest BCUT2D eigenvalue weighted by atomic mass is 10.2. The van der Waals surface area contributed by atoms with Crippen LogP contribution in [0.2, 0.25) is 0 Å². The Morgan fingerprint density at radius 1 is 1.04 bits per heavy atom. The molecule has 0 saturated heterocycles. The van der Waals surface area contributed by atoms with Gasteiger partial charge in [0.15, 0.2) is 0 Å². The van der Waals surface area contributed by atoms with Crippen LogP contribution >= 0.6 is 0 Å². The normalized spacial score (nSPS) is 11.0. The van der Waals surface area contributed by atoms with Crippen molar-refractivity contribution in [2.75, 3.05) is 0 Å². The lowest BCUT2D eigenvalue weighted by Gasteiger charge is -2.19. The summed E-state index contributed by atoms with van der Waals surface area (Å²) in [6, 6.07) is 13.2. The molecular formula is C20H17N3O3. The Balaban J connectivity index is 1.64. The van der Waals surface area contributed by atoms with E-state index >= 15 is 0 Å². The van der Waals surface area contributed by atoms with Gasteiger partial charge in [0, 0.05) is 17.8 Å². The molecule has 0 aliphatic rings. The summed E-state index contributed by atoms with van der Waals surface area (Å²) in [6.45, 7) is 2.64. The number of aromatic nitrogens is 2. The fourth-order valence-electron chi connectivity index (χ4n) is 2.82. The van der Waals surface area contributed by atoms with E-state index in [9.17, 15) is 4.79 Å². The van der Waals surface area contributed by atoms with Gasteiger partial charge in [-0.25, -0.2) is 9.97 Å². The molecule has 130 valence electrons. The van der Waals surface area contributed by atoms with Crippen LogP contribution in [0.15, 0.2) is 70.0 Å². The summed E-state index contributed by atoms with van der Waals surface area (Å²) in [5, 5.41) is 1.02. The Kier molecular flexibility index (Phi) is 4.23. The Morgan fingerprint density at radius 3 is 2.62 bits per heavy atom. The third kappa shape index (κ3) is 3.35. The number of hydrogen-bond acceptors (Lipinski definition) is 5. The van der Waals surface area contributed by atoms with Gasteiger partial charge in [-0.3, -0.25) is 4.79 Å². The van der Waals surface area contributed by atoms with Crippen LogP contribution < -0.4 is 0 Å². The molecule has 0 radical (unpaired) electrons. The smallest absolute Gasteiger partial charge is 0.292 e. The van der Waals surface area contributed by atoms with Crippen LogP contribution in [-0.4, -0.2) is 20.8 Å². The number of amides is 1. The largest absolute Gasteiger partial charge is 0.467 e. The molecular weight excluding hydrogens is 330 g/mol. The number of furan rings is 2. The van der Waals surface area contributed by atoms with Crippen LogP contribution in [0.4, 0.5) is 0 Å². The molecule has 4 aromatic rings. The van der Waals surface area contributed by atoms with Crippen molar-refractivity contribution in [3.63, 3.8) is 0 Å². The molecule has 0 aliphatic carbocycles. The molecule has 0 fully saturated rings. The second kappa shape index (κ2) is 6.84. The summed E-state index contributed by atoms with van der Waals surface area (Å²) in [7, 11) is 0. The Morgan fingerprint density at radius 2 is 1.85 bits per heavy atom. The minimum absolute atomic E-state index is 0.144. The molecule has 3 aromatic heterocycles. The van der Waals surface area contributed by atoms with Gasteiger partial charge >= 0.3 is 0 Å². The van der Waals surface area contributed by atoms with E-state index in [-0.39, 0.29) is 11.7 Å². The maximum atomic E-state index is 12.9. The van der Waals surface area contributed by atoms with Crippen LogP contribution in [0.1, 0.15) is 27.7 Å². The van der Waals surface area contributed by atoms with Gasteiger partial charge in [-0.05, 0) is 43.3 Å². The zero-order chi connectivity index (χ0) is 17.9. The molecule has 6 heteroatoms. The predicted molar refractivity (Wildman–Crippen MR) is 95.3 cm³/mol. The molecule has 6 nitrogen and oxygen atoms in total. The van der Waals surface area contributed by atoms with E-state index in [1.807, 2.05) is 31.2 Å². The first-order valence-electron chi connectivity index (χ1n) is 8.27. The number of nitrogens with zero attached hydrogens (tertiary/aromatic N) is 3. The van der Waals surface area contributed by atoms with E-state index in [2.05, 4.69) is 16.0 Å². The summed E-state index contributed by atoms with van der Waals surface area (Å²) in [5.74, 6) is 1.24. The zero-order valence-electron chi connectivity index (χ0n) is 14.3. The Bertz CT molecular complexity index is 1020. The highest BCUT2D eigenvalue weighted by atomic mass is 16.3. The summed E-state index contributed by atoms with van der Waals surface area (Å²) >= 11 is 0. The number of aryl methyl sites for hydroxylation is 1. The molecule has 0 aliphatic heterocycles. The predicted octanol–water partition coefficient (Wildman–Crippen LogP) is 3.97. The van der Waals surface area contributed by atoms with Gasteiger partial charge in [-0.15, -0.1) is 0 Å². The lowest BCUT2D eigenvalue weighted by molar-refractivity contribution is 0.0693. The van der Waals surface area contributed by atoms with Gasteiger partial charge in [0.2, 0.25) is 5.82 Å². The summed E-state index contributed by atoms with van der Waals surface area (Å²) in [6.07, 6.45) is 4.69. The average molecular weight is 347 g/mol. The summed E-state index contributed by atoms with van der Waals surface area (Å²) in [4.78, 5) is 22.6. The Hall–Kier alpha value is -3.41. The second-order valence-electron chi connectivity index (χ2n) is 6.07. The minimum atomic E-state index is -0.279. The van der Waals surface area contributed by atoms with Gasteiger partial charge in [-0.2, -0.15) is 0 Å². The third-order valence-corrected chi connectivity index (χ3v) is 4.04. The van der Waals surface area contributed by atoms with Gasteiger partial charge in [0.1, 0.15) is 17.1 Å². The first-order valence-corrected chi connectivity index (χ1v) is 8.27. The SMILES string of the molecule is Cc1ccc2oc(CN(Cc3ccco3)C(=O)c3ncccn3)cc2c1. The van der Waals surface area contributed by atoms with Crippen LogP contribution in [0.25, 0.3) is 11.0 Å². The van der Waals surface area contributed by atoms with Gasteiger partial charge in [0.25, 0.3) is 5.91 Å². The quantitative estimate of drug-likeness (QED) is 0.546. The van der Waals surface area contributed by atoms with Crippen molar-refractivity contribution in [1.82, 2.24) is 14.9 Å². The van der Waals surface area contributed by atoms with E-state index in [0.29, 0.717) is 24.6 Å².